The number of aryl methyl sites for hydroxylation is 1. The number of oxazole rings is 1. The van der Waals surface area contributed by atoms with Gasteiger partial charge in [-0.3, -0.25) is 4.99 Å². The van der Waals surface area contributed by atoms with Gasteiger partial charge in [0, 0.05) is 16.3 Å². The van der Waals surface area contributed by atoms with Crippen molar-refractivity contribution in [2.75, 3.05) is 0 Å². The Morgan fingerprint density at radius 1 is 1.00 bits per heavy atom. The highest BCUT2D eigenvalue weighted by molar-refractivity contribution is 9.10. The number of aromatic nitrogens is 1. The van der Waals surface area contributed by atoms with Crippen molar-refractivity contribution in [3.05, 3.63) is 88.4 Å². The zero-order valence-electron chi connectivity index (χ0n) is 14.8. The Kier molecular flexibility index (Phi) is 4.99. The molecule has 0 unspecified atom stereocenters. The van der Waals surface area contributed by atoms with Gasteiger partial charge in [0.15, 0.2) is 5.58 Å². The van der Waals surface area contributed by atoms with E-state index >= 15 is 0 Å². The molecule has 0 fully saturated rings. The maximum absolute atomic E-state index is 5.90. The molecule has 0 aliphatic rings. The van der Waals surface area contributed by atoms with Crippen LogP contribution in [0.1, 0.15) is 11.1 Å². The van der Waals surface area contributed by atoms with Gasteiger partial charge >= 0.3 is 0 Å². The first kappa shape index (κ1) is 17.4. The van der Waals surface area contributed by atoms with Gasteiger partial charge in [0.1, 0.15) is 5.52 Å². The van der Waals surface area contributed by atoms with Gasteiger partial charge in [-0.2, -0.15) is 0 Å². The molecule has 0 saturated heterocycles. The minimum Gasteiger partial charge on any atom is -0.436 e. The Balaban J connectivity index is 1.60. The van der Waals surface area contributed by atoms with E-state index in [-0.39, 0.29) is 0 Å². The highest BCUT2D eigenvalue weighted by Gasteiger charge is 2.10. The van der Waals surface area contributed by atoms with E-state index in [9.17, 15) is 0 Å². The van der Waals surface area contributed by atoms with Crippen molar-refractivity contribution < 1.29 is 4.42 Å². The average molecular weight is 417 g/mol. The van der Waals surface area contributed by atoms with Gasteiger partial charge in [-0.15, -0.1) is 0 Å². The summed E-state index contributed by atoms with van der Waals surface area (Å²) < 4.78 is 6.81. The molecule has 1 aromatic heterocycles. The zero-order valence-corrected chi connectivity index (χ0v) is 16.3. The van der Waals surface area contributed by atoms with E-state index in [4.69, 9.17) is 4.42 Å². The average Bonchev–Trinajstić information content (AvgIpc) is 3.10. The fourth-order valence-electron chi connectivity index (χ4n) is 2.75. The predicted molar refractivity (Wildman–Crippen MR) is 116 cm³/mol. The summed E-state index contributed by atoms with van der Waals surface area (Å²) in [4.78, 5) is 9.15. The number of nitrogens with zero attached hydrogens (tertiary/aromatic N) is 2. The lowest BCUT2D eigenvalue weighted by Gasteiger charge is -2.00. The summed E-state index contributed by atoms with van der Waals surface area (Å²) >= 11 is 3.56. The Bertz CT molecular complexity index is 1140. The van der Waals surface area contributed by atoms with Gasteiger partial charge in [-0.1, -0.05) is 42.5 Å². The monoisotopic (exact) mass is 416 g/mol. The van der Waals surface area contributed by atoms with Crippen molar-refractivity contribution in [2.24, 2.45) is 4.99 Å². The number of halogens is 1. The quantitative estimate of drug-likeness (QED) is 0.336. The molecule has 4 heteroatoms. The van der Waals surface area contributed by atoms with E-state index in [0.29, 0.717) is 5.89 Å². The minimum absolute atomic E-state index is 0.597. The third-order valence-corrected chi connectivity index (χ3v) is 4.79. The summed E-state index contributed by atoms with van der Waals surface area (Å²) in [6.45, 7) is 2.04. The molecule has 0 aliphatic heterocycles. The Hall–Kier alpha value is -2.98. The van der Waals surface area contributed by atoms with Crippen LogP contribution >= 0.6 is 15.9 Å². The molecule has 0 amide bonds. The van der Waals surface area contributed by atoms with Crippen LogP contribution in [-0.2, 0) is 0 Å². The first-order valence-corrected chi connectivity index (χ1v) is 9.41. The number of aliphatic imine (C=N–C) groups is 1. The number of fused-ring (bicyclic) bond motifs is 1. The van der Waals surface area contributed by atoms with Gasteiger partial charge in [-0.05, 0) is 70.4 Å². The van der Waals surface area contributed by atoms with Gasteiger partial charge < -0.3 is 4.42 Å². The first-order chi connectivity index (χ1) is 13.2. The third-order valence-electron chi connectivity index (χ3n) is 4.12. The van der Waals surface area contributed by atoms with Crippen LogP contribution in [0.3, 0.4) is 0 Å². The summed E-state index contributed by atoms with van der Waals surface area (Å²) in [5.74, 6) is 0.597. The maximum atomic E-state index is 5.90. The van der Waals surface area contributed by atoms with Gasteiger partial charge in [0.25, 0.3) is 0 Å². The molecule has 132 valence electrons. The van der Waals surface area contributed by atoms with Crippen LogP contribution in [0.4, 0.5) is 5.69 Å². The van der Waals surface area contributed by atoms with Crippen molar-refractivity contribution in [2.45, 2.75) is 6.92 Å². The molecule has 4 rings (SSSR count). The van der Waals surface area contributed by atoms with E-state index in [1.807, 2.05) is 73.7 Å². The van der Waals surface area contributed by atoms with E-state index in [1.54, 1.807) is 6.21 Å². The van der Waals surface area contributed by atoms with Crippen molar-refractivity contribution in [1.29, 1.82) is 0 Å². The molecule has 0 spiro atoms. The van der Waals surface area contributed by atoms with Crippen LogP contribution in [0.25, 0.3) is 28.6 Å². The Labute approximate surface area is 166 Å². The fourth-order valence-corrected chi connectivity index (χ4v) is 3.10. The summed E-state index contributed by atoms with van der Waals surface area (Å²) in [5.41, 5.74) is 5.67. The maximum Gasteiger partial charge on any atom is 0.227 e. The molecule has 1 heterocycles. The van der Waals surface area contributed by atoms with Crippen molar-refractivity contribution >= 4 is 45.0 Å². The normalized spacial score (nSPS) is 11.8. The summed E-state index contributed by atoms with van der Waals surface area (Å²) in [6, 6.07) is 22.0. The highest BCUT2D eigenvalue weighted by atomic mass is 79.9. The number of hydrogen-bond acceptors (Lipinski definition) is 3. The molecule has 0 saturated carbocycles. The predicted octanol–water partition coefficient (Wildman–Crippen LogP) is 6.98. The Morgan fingerprint density at radius 2 is 1.85 bits per heavy atom. The van der Waals surface area contributed by atoms with Crippen LogP contribution in [0.2, 0.25) is 0 Å². The van der Waals surface area contributed by atoms with Crippen LogP contribution in [0, 0.1) is 6.92 Å². The zero-order chi connectivity index (χ0) is 18.6. The lowest BCUT2D eigenvalue weighted by atomic mass is 10.2. The van der Waals surface area contributed by atoms with Crippen LogP contribution < -0.4 is 0 Å². The second-order valence-corrected chi connectivity index (χ2v) is 7.06. The fraction of sp³-hybridized carbons (Fsp3) is 0.0435. The Morgan fingerprint density at radius 3 is 2.70 bits per heavy atom. The van der Waals surface area contributed by atoms with E-state index in [0.717, 1.165) is 38.0 Å². The van der Waals surface area contributed by atoms with Gasteiger partial charge in [0.05, 0.1) is 5.69 Å². The number of allylic oxidation sites excluding steroid dienone is 1. The molecule has 3 nitrogen and oxygen atoms in total. The second kappa shape index (κ2) is 7.72. The topological polar surface area (TPSA) is 38.4 Å². The molecule has 0 N–H and O–H groups in total. The molecule has 0 aliphatic carbocycles. The highest BCUT2D eigenvalue weighted by Crippen LogP contribution is 2.32. The number of benzene rings is 3. The minimum atomic E-state index is 0.597. The number of hydrogen-bond donors (Lipinski definition) is 0. The lowest BCUT2D eigenvalue weighted by molar-refractivity contribution is 0.620. The van der Waals surface area contributed by atoms with E-state index in [2.05, 4.69) is 38.0 Å². The van der Waals surface area contributed by atoms with Crippen molar-refractivity contribution in [1.82, 2.24) is 4.98 Å². The van der Waals surface area contributed by atoms with Crippen molar-refractivity contribution in [3.8, 4) is 11.5 Å². The molecule has 3 aromatic carbocycles. The van der Waals surface area contributed by atoms with Crippen molar-refractivity contribution in [3.63, 3.8) is 0 Å². The van der Waals surface area contributed by atoms with E-state index in [1.165, 1.54) is 0 Å². The molecule has 0 bridgehead atoms. The largest absolute Gasteiger partial charge is 0.436 e. The van der Waals surface area contributed by atoms with Crippen LogP contribution in [0.15, 0.2) is 86.7 Å². The smallest absolute Gasteiger partial charge is 0.227 e. The first-order valence-electron chi connectivity index (χ1n) is 8.62. The lowest BCUT2D eigenvalue weighted by Crippen LogP contribution is -1.79. The third kappa shape index (κ3) is 4.07. The summed E-state index contributed by atoms with van der Waals surface area (Å²) in [7, 11) is 0. The molecule has 4 aromatic rings. The molecular formula is C23H17BrN2O. The van der Waals surface area contributed by atoms with Crippen LogP contribution in [-0.4, -0.2) is 11.2 Å². The van der Waals surface area contributed by atoms with Crippen LogP contribution in [0.5, 0.6) is 0 Å². The summed E-state index contributed by atoms with van der Waals surface area (Å²) in [5, 5.41) is 0. The molecule has 0 radical (unpaired) electrons. The standard InChI is InChI=1S/C23H17BrN2O/c1-16-9-12-22-21(14-16)26-23(27-22)18-10-11-19(24)20(15-18)25-13-5-8-17-6-3-2-4-7-17/h2-15H,1H3. The van der Waals surface area contributed by atoms with Gasteiger partial charge in [-0.25, -0.2) is 4.98 Å². The molecular weight excluding hydrogens is 400 g/mol. The summed E-state index contributed by atoms with van der Waals surface area (Å²) in [6.07, 6.45) is 5.73. The SMILES string of the molecule is Cc1ccc2oc(-c3ccc(Br)c(N=CC=Cc4ccccc4)c3)nc2c1. The molecule has 27 heavy (non-hydrogen) atoms. The second-order valence-electron chi connectivity index (χ2n) is 6.20. The number of rotatable bonds is 4. The van der Waals surface area contributed by atoms with E-state index < -0.39 is 0 Å². The van der Waals surface area contributed by atoms with Gasteiger partial charge in [0.2, 0.25) is 5.89 Å². The molecule has 0 atom stereocenters.